The second kappa shape index (κ2) is 6.30. The van der Waals surface area contributed by atoms with Gasteiger partial charge in [0.05, 0.1) is 12.0 Å². The molecule has 0 spiro atoms. The number of likely N-dealkylation sites (tertiary alicyclic amines) is 1. The standard InChI is InChI=1S/C13H22F3N3O/c1-10(12(20)19-8-4-17-5-9-19)18-6-2-11(3-7-18)13(14,15)16/h10-11,17H,2-9H2,1H3. The third-order valence-corrected chi connectivity index (χ3v) is 4.33. The lowest BCUT2D eigenvalue weighted by Gasteiger charge is -2.38. The van der Waals surface area contributed by atoms with Gasteiger partial charge in [0.1, 0.15) is 0 Å². The Morgan fingerprint density at radius 2 is 1.70 bits per heavy atom. The maximum Gasteiger partial charge on any atom is 0.391 e. The summed E-state index contributed by atoms with van der Waals surface area (Å²) in [6, 6.07) is -0.317. The summed E-state index contributed by atoms with van der Waals surface area (Å²) >= 11 is 0. The van der Waals surface area contributed by atoms with Gasteiger partial charge in [-0.25, -0.2) is 0 Å². The van der Waals surface area contributed by atoms with E-state index in [0.717, 1.165) is 13.1 Å². The molecule has 0 aromatic carbocycles. The molecule has 0 bridgehead atoms. The van der Waals surface area contributed by atoms with Crippen LogP contribution in [0.5, 0.6) is 0 Å². The van der Waals surface area contributed by atoms with Crippen molar-refractivity contribution in [1.29, 1.82) is 0 Å². The van der Waals surface area contributed by atoms with Gasteiger partial charge >= 0.3 is 6.18 Å². The minimum Gasteiger partial charge on any atom is -0.339 e. The highest BCUT2D eigenvalue weighted by atomic mass is 19.4. The molecule has 0 radical (unpaired) electrons. The number of rotatable bonds is 2. The maximum atomic E-state index is 12.6. The number of hydrogen-bond acceptors (Lipinski definition) is 3. The van der Waals surface area contributed by atoms with Crippen LogP contribution in [0.4, 0.5) is 13.2 Å². The van der Waals surface area contributed by atoms with Gasteiger partial charge in [-0.15, -0.1) is 0 Å². The Morgan fingerprint density at radius 1 is 1.15 bits per heavy atom. The van der Waals surface area contributed by atoms with Crippen molar-refractivity contribution in [1.82, 2.24) is 15.1 Å². The number of carbonyl (C=O) groups is 1. The fraction of sp³-hybridized carbons (Fsp3) is 0.923. The zero-order valence-corrected chi connectivity index (χ0v) is 11.7. The molecule has 7 heteroatoms. The van der Waals surface area contributed by atoms with Crippen LogP contribution in [0, 0.1) is 5.92 Å². The SMILES string of the molecule is CC(C(=O)N1CCNCC1)N1CCC(C(F)(F)F)CC1. The summed E-state index contributed by atoms with van der Waals surface area (Å²) in [4.78, 5) is 16.0. The fourth-order valence-corrected chi connectivity index (χ4v) is 2.92. The Morgan fingerprint density at radius 3 is 2.20 bits per heavy atom. The smallest absolute Gasteiger partial charge is 0.339 e. The van der Waals surface area contributed by atoms with Crippen LogP contribution in [-0.4, -0.2) is 67.2 Å². The number of amides is 1. The Bertz CT molecular complexity index is 334. The second-order valence-electron chi connectivity index (χ2n) is 5.60. The van der Waals surface area contributed by atoms with Gasteiger partial charge in [0.2, 0.25) is 5.91 Å². The molecule has 4 nitrogen and oxygen atoms in total. The zero-order chi connectivity index (χ0) is 14.8. The van der Waals surface area contributed by atoms with Gasteiger partial charge in [0, 0.05) is 26.2 Å². The summed E-state index contributed by atoms with van der Waals surface area (Å²) in [7, 11) is 0. The van der Waals surface area contributed by atoms with Crippen LogP contribution in [0.1, 0.15) is 19.8 Å². The first kappa shape index (κ1) is 15.6. The third kappa shape index (κ3) is 3.63. The number of nitrogens with one attached hydrogen (secondary N) is 1. The van der Waals surface area contributed by atoms with E-state index >= 15 is 0 Å². The van der Waals surface area contributed by atoms with Gasteiger partial charge < -0.3 is 10.2 Å². The van der Waals surface area contributed by atoms with E-state index in [4.69, 9.17) is 0 Å². The molecule has 0 aromatic rings. The van der Waals surface area contributed by atoms with E-state index < -0.39 is 12.1 Å². The Kier molecular flexibility index (Phi) is 4.90. The molecule has 0 saturated carbocycles. The van der Waals surface area contributed by atoms with E-state index in [1.165, 1.54) is 0 Å². The normalized spacial score (nSPS) is 24.7. The second-order valence-corrected chi connectivity index (χ2v) is 5.60. The highest BCUT2D eigenvalue weighted by molar-refractivity contribution is 5.81. The summed E-state index contributed by atoms with van der Waals surface area (Å²) < 4.78 is 37.9. The Labute approximate surface area is 117 Å². The summed E-state index contributed by atoms with van der Waals surface area (Å²) in [6.45, 7) is 5.44. The Balaban J connectivity index is 1.84. The molecular formula is C13H22F3N3O. The van der Waals surface area contributed by atoms with Crippen LogP contribution < -0.4 is 5.32 Å². The number of hydrogen-bond donors (Lipinski definition) is 1. The predicted molar refractivity (Wildman–Crippen MR) is 69.3 cm³/mol. The molecule has 0 aromatic heterocycles. The fourth-order valence-electron chi connectivity index (χ4n) is 2.92. The van der Waals surface area contributed by atoms with Gasteiger partial charge in [-0.3, -0.25) is 9.69 Å². The van der Waals surface area contributed by atoms with Crippen molar-refractivity contribution in [2.75, 3.05) is 39.3 Å². The summed E-state index contributed by atoms with van der Waals surface area (Å²) in [6.07, 6.45) is -3.90. The molecule has 1 atom stereocenters. The van der Waals surface area contributed by atoms with Crippen molar-refractivity contribution in [3.8, 4) is 0 Å². The summed E-state index contributed by atoms with van der Waals surface area (Å²) in [5, 5.41) is 3.18. The van der Waals surface area contributed by atoms with E-state index in [0.29, 0.717) is 26.2 Å². The highest BCUT2D eigenvalue weighted by Gasteiger charge is 2.42. The molecule has 116 valence electrons. The lowest BCUT2D eigenvalue weighted by molar-refractivity contribution is -0.186. The molecule has 1 N–H and O–H groups in total. The number of halogens is 3. The molecule has 0 aliphatic carbocycles. The predicted octanol–water partition coefficient (Wildman–Crippen LogP) is 1.08. The first-order chi connectivity index (χ1) is 9.39. The number of alkyl halides is 3. The van der Waals surface area contributed by atoms with Crippen LogP contribution in [0.3, 0.4) is 0 Å². The van der Waals surface area contributed by atoms with Crippen molar-refractivity contribution in [2.45, 2.75) is 32.0 Å². The van der Waals surface area contributed by atoms with Crippen LogP contribution in [-0.2, 0) is 4.79 Å². The van der Waals surface area contributed by atoms with Gasteiger partial charge in [0.15, 0.2) is 0 Å². The number of nitrogens with zero attached hydrogens (tertiary/aromatic N) is 2. The minimum atomic E-state index is -4.10. The third-order valence-electron chi connectivity index (χ3n) is 4.33. The van der Waals surface area contributed by atoms with Crippen molar-refractivity contribution in [2.24, 2.45) is 5.92 Å². The molecule has 2 aliphatic rings. The van der Waals surface area contributed by atoms with Crippen LogP contribution in [0.15, 0.2) is 0 Å². The van der Waals surface area contributed by atoms with Crippen LogP contribution in [0.25, 0.3) is 0 Å². The monoisotopic (exact) mass is 293 g/mol. The average Bonchev–Trinajstić information content (AvgIpc) is 2.46. The first-order valence-electron chi connectivity index (χ1n) is 7.20. The summed E-state index contributed by atoms with van der Waals surface area (Å²) in [5.74, 6) is -1.17. The molecule has 2 heterocycles. The molecule has 2 saturated heterocycles. The van der Waals surface area contributed by atoms with Gasteiger partial charge in [-0.2, -0.15) is 13.2 Å². The van der Waals surface area contributed by atoms with E-state index in [2.05, 4.69) is 5.32 Å². The summed E-state index contributed by atoms with van der Waals surface area (Å²) in [5.41, 5.74) is 0. The maximum absolute atomic E-state index is 12.6. The molecule has 1 unspecified atom stereocenters. The minimum absolute atomic E-state index is 0.0389. The van der Waals surface area contributed by atoms with Crippen molar-refractivity contribution < 1.29 is 18.0 Å². The van der Waals surface area contributed by atoms with E-state index in [9.17, 15) is 18.0 Å². The topological polar surface area (TPSA) is 35.6 Å². The van der Waals surface area contributed by atoms with E-state index in [1.807, 2.05) is 4.90 Å². The van der Waals surface area contributed by atoms with Gasteiger partial charge in [0.25, 0.3) is 0 Å². The van der Waals surface area contributed by atoms with E-state index in [-0.39, 0.29) is 24.8 Å². The zero-order valence-electron chi connectivity index (χ0n) is 11.7. The molecule has 2 rings (SSSR count). The molecule has 2 aliphatic heterocycles. The van der Waals surface area contributed by atoms with Crippen molar-refractivity contribution in [3.63, 3.8) is 0 Å². The number of piperidine rings is 1. The lowest BCUT2D eigenvalue weighted by atomic mass is 9.95. The van der Waals surface area contributed by atoms with Gasteiger partial charge in [-0.1, -0.05) is 0 Å². The van der Waals surface area contributed by atoms with Crippen molar-refractivity contribution in [3.05, 3.63) is 0 Å². The highest BCUT2D eigenvalue weighted by Crippen LogP contribution is 2.34. The van der Waals surface area contributed by atoms with Crippen molar-refractivity contribution >= 4 is 5.91 Å². The van der Waals surface area contributed by atoms with Crippen LogP contribution >= 0.6 is 0 Å². The van der Waals surface area contributed by atoms with Crippen LogP contribution in [0.2, 0.25) is 0 Å². The van der Waals surface area contributed by atoms with Gasteiger partial charge in [-0.05, 0) is 32.9 Å². The first-order valence-corrected chi connectivity index (χ1v) is 7.20. The van der Waals surface area contributed by atoms with E-state index in [1.54, 1.807) is 11.8 Å². The average molecular weight is 293 g/mol. The molecule has 1 amide bonds. The quantitative estimate of drug-likeness (QED) is 0.827. The lowest BCUT2D eigenvalue weighted by Crippen LogP contribution is -2.54. The number of carbonyl (C=O) groups excluding carboxylic acids is 1. The molecule has 2 fully saturated rings. The molecule has 20 heavy (non-hydrogen) atoms. The largest absolute Gasteiger partial charge is 0.391 e. The molecular weight excluding hydrogens is 271 g/mol. The Hall–Kier alpha value is -0.820. The number of piperazine rings is 1.